The summed E-state index contributed by atoms with van der Waals surface area (Å²) < 4.78 is 0. The fraction of sp³-hybridized carbons (Fsp3) is 0.667. The van der Waals surface area contributed by atoms with Crippen LogP contribution in [0.5, 0.6) is 0 Å². The van der Waals surface area contributed by atoms with Crippen molar-refractivity contribution in [3.05, 3.63) is 35.9 Å². The predicted molar refractivity (Wildman–Crippen MR) is 86.6 cm³/mol. The lowest BCUT2D eigenvalue weighted by atomic mass is 9.84. The Labute approximate surface area is 124 Å². The summed E-state index contributed by atoms with van der Waals surface area (Å²) in [5.41, 5.74) is 7.53. The van der Waals surface area contributed by atoms with Crippen LogP contribution < -0.4 is 5.73 Å². The van der Waals surface area contributed by atoms with E-state index < -0.39 is 0 Å². The molecule has 0 bridgehead atoms. The van der Waals surface area contributed by atoms with Crippen molar-refractivity contribution in [2.24, 2.45) is 17.6 Å². The highest BCUT2D eigenvalue weighted by Gasteiger charge is 2.33. The Kier molecular flexibility index (Phi) is 5.62. The number of benzene rings is 1. The molecular weight excluding hydrogens is 244 g/mol. The molecule has 1 heterocycles. The van der Waals surface area contributed by atoms with E-state index in [4.69, 9.17) is 5.73 Å². The molecule has 1 aromatic carbocycles. The first-order valence-corrected chi connectivity index (χ1v) is 8.18. The van der Waals surface area contributed by atoms with E-state index in [-0.39, 0.29) is 0 Å². The highest BCUT2D eigenvalue weighted by Crippen LogP contribution is 2.35. The van der Waals surface area contributed by atoms with Crippen LogP contribution in [0.15, 0.2) is 30.3 Å². The fourth-order valence-corrected chi connectivity index (χ4v) is 3.73. The molecule has 1 aromatic rings. The third-order valence-electron chi connectivity index (χ3n) is 4.85. The van der Waals surface area contributed by atoms with E-state index in [0.29, 0.717) is 18.0 Å². The molecule has 0 aliphatic carbocycles. The second-order valence-electron chi connectivity index (χ2n) is 6.53. The summed E-state index contributed by atoms with van der Waals surface area (Å²) in [6.07, 6.45) is 3.88. The van der Waals surface area contributed by atoms with Crippen molar-refractivity contribution in [1.82, 2.24) is 4.90 Å². The first kappa shape index (κ1) is 15.5. The van der Waals surface area contributed by atoms with Gasteiger partial charge in [0.1, 0.15) is 0 Å². The van der Waals surface area contributed by atoms with E-state index in [1.807, 2.05) is 0 Å². The van der Waals surface area contributed by atoms with E-state index >= 15 is 0 Å². The maximum Gasteiger partial charge on any atom is 0.0374 e. The molecule has 112 valence electrons. The van der Waals surface area contributed by atoms with Crippen molar-refractivity contribution in [3.63, 3.8) is 0 Å². The van der Waals surface area contributed by atoms with Gasteiger partial charge in [-0.3, -0.25) is 4.90 Å². The van der Waals surface area contributed by atoms with E-state index in [1.54, 1.807) is 0 Å². The monoisotopic (exact) mass is 274 g/mol. The molecule has 0 saturated carbocycles. The van der Waals surface area contributed by atoms with Gasteiger partial charge in [0.2, 0.25) is 0 Å². The Hall–Kier alpha value is -0.860. The maximum absolute atomic E-state index is 6.08. The van der Waals surface area contributed by atoms with Crippen LogP contribution in [0.2, 0.25) is 0 Å². The summed E-state index contributed by atoms with van der Waals surface area (Å²) in [7, 11) is 0. The first-order chi connectivity index (χ1) is 9.67. The molecule has 1 aliphatic rings. The molecule has 2 N–H and O–H groups in total. The molecule has 2 heteroatoms. The Morgan fingerprint density at radius 2 is 1.95 bits per heavy atom. The second kappa shape index (κ2) is 7.24. The topological polar surface area (TPSA) is 29.3 Å². The van der Waals surface area contributed by atoms with Gasteiger partial charge in [-0.25, -0.2) is 0 Å². The van der Waals surface area contributed by atoms with Crippen LogP contribution in [0.4, 0.5) is 0 Å². The normalized spacial score (nSPS) is 25.9. The summed E-state index contributed by atoms with van der Waals surface area (Å²) in [6.45, 7) is 8.95. The van der Waals surface area contributed by atoms with Crippen molar-refractivity contribution in [2.75, 3.05) is 13.1 Å². The van der Waals surface area contributed by atoms with Crippen LogP contribution in [-0.4, -0.2) is 24.0 Å². The average molecular weight is 274 g/mol. The number of likely N-dealkylation sites (tertiary alicyclic amines) is 1. The highest BCUT2D eigenvalue weighted by atomic mass is 15.2. The van der Waals surface area contributed by atoms with Crippen LogP contribution in [0.1, 0.15) is 51.6 Å². The molecule has 1 saturated heterocycles. The van der Waals surface area contributed by atoms with Crippen LogP contribution >= 0.6 is 0 Å². The van der Waals surface area contributed by atoms with Crippen molar-refractivity contribution < 1.29 is 0 Å². The second-order valence-corrected chi connectivity index (χ2v) is 6.53. The molecule has 1 aliphatic heterocycles. The van der Waals surface area contributed by atoms with Crippen molar-refractivity contribution in [1.29, 1.82) is 0 Å². The van der Waals surface area contributed by atoms with Gasteiger partial charge in [0, 0.05) is 18.6 Å². The van der Waals surface area contributed by atoms with Crippen molar-refractivity contribution in [2.45, 2.75) is 52.1 Å². The third kappa shape index (κ3) is 3.42. The zero-order chi connectivity index (χ0) is 14.5. The molecular formula is C18H30N2. The van der Waals surface area contributed by atoms with Gasteiger partial charge in [0.05, 0.1) is 0 Å². The third-order valence-corrected chi connectivity index (χ3v) is 4.85. The molecule has 0 radical (unpaired) electrons. The quantitative estimate of drug-likeness (QED) is 0.884. The van der Waals surface area contributed by atoms with Crippen molar-refractivity contribution in [3.8, 4) is 0 Å². The van der Waals surface area contributed by atoms with Crippen LogP contribution in [0, 0.1) is 11.8 Å². The van der Waals surface area contributed by atoms with E-state index in [9.17, 15) is 0 Å². The van der Waals surface area contributed by atoms with Gasteiger partial charge in [0.15, 0.2) is 0 Å². The van der Waals surface area contributed by atoms with Gasteiger partial charge in [-0.1, -0.05) is 57.5 Å². The minimum absolute atomic E-state index is 0.502. The molecule has 3 atom stereocenters. The number of piperidine rings is 1. The molecule has 0 aromatic heterocycles. The van der Waals surface area contributed by atoms with E-state index in [0.717, 1.165) is 12.5 Å². The van der Waals surface area contributed by atoms with E-state index in [1.165, 1.54) is 31.4 Å². The SMILES string of the molecule is CCC1CCN(C(c2ccccc2)C(C)C)C(CN)C1. The molecule has 0 amide bonds. The van der Waals surface area contributed by atoms with E-state index in [2.05, 4.69) is 56.0 Å². The number of hydrogen-bond acceptors (Lipinski definition) is 2. The summed E-state index contributed by atoms with van der Waals surface area (Å²) in [5, 5.41) is 0. The number of rotatable bonds is 5. The minimum Gasteiger partial charge on any atom is -0.329 e. The summed E-state index contributed by atoms with van der Waals surface area (Å²) in [6, 6.07) is 12.0. The largest absolute Gasteiger partial charge is 0.329 e. The lowest BCUT2D eigenvalue weighted by Crippen LogP contribution is -2.49. The Balaban J connectivity index is 2.21. The Morgan fingerprint density at radius 3 is 2.50 bits per heavy atom. The zero-order valence-electron chi connectivity index (χ0n) is 13.3. The van der Waals surface area contributed by atoms with Crippen LogP contribution in [-0.2, 0) is 0 Å². The molecule has 3 unspecified atom stereocenters. The molecule has 2 rings (SSSR count). The standard InChI is InChI=1S/C18H30N2/c1-4-15-10-11-20(17(12-15)13-19)18(14(2)3)16-8-6-5-7-9-16/h5-9,14-15,17-18H,4,10-13,19H2,1-3H3. The smallest absolute Gasteiger partial charge is 0.0374 e. The molecule has 2 nitrogen and oxygen atoms in total. The van der Waals surface area contributed by atoms with Gasteiger partial charge < -0.3 is 5.73 Å². The fourth-order valence-electron chi connectivity index (χ4n) is 3.73. The van der Waals surface area contributed by atoms with Gasteiger partial charge in [-0.05, 0) is 36.8 Å². The maximum atomic E-state index is 6.08. The van der Waals surface area contributed by atoms with Crippen molar-refractivity contribution >= 4 is 0 Å². The molecule has 0 spiro atoms. The van der Waals surface area contributed by atoms with Gasteiger partial charge in [-0.15, -0.1) is 0 Å². The summed E-state index contributed by atoms with van der Waals surface area (Å²) >= 11 is 0. The highest BCUT2D eigenvalue weighted by molar-refractivity contribution is 5.20. The zero-order valence-corrected chi connectivity index (χ0v) is 13.3. The Bertz CT molecular complexity index is 388. The summed E-state index contributed by atoms with van der Waals surface area (Å²) in [4.78, 5) is 2.67. The van der Waals surface area contributed by atoms with Crippen LogP contribution in [0.3, 0.4) is 0 Å². The lowest BCUT2D eigenvalue weighted by molar-refractivity contribution is 0.0486. The van der Waals surface area contributed by atoms with Gasteiger partial charge in [-0.2, -0.15) is 0 Å². The number of nitrogens with two attached hydrogens (primary N) is 1. The minimum atomic E-state index is 0.502. The number of nitrogens with zero attached hydrogens (tertiary/aromatic N) is 1. The van der Waals surface area contributed by atoms with Gasteiger partial charge >= 0.3 is 0 Å². The first-order valence-electron chi connectivity index (χ1n) is 8.18. The summed E-state index contributed by atoms with van der Waals surface area (Å²) in [5.74, 6) is 1.48. The Morgan fingerprint density at radius 1 is 1.25 bits per heavy atom. The van der Waals surface area contributed by atoms with Gasteiger partial charge in [0.25, 0.3) is 0 Å². The molecule has 20 heavy (non-hydrogen) atoms. The average Bonchev–Trinajstić information content (AvgIpc) is 2.48. The van der Waals surface area contributed by atoms with Crippen LogP contribution in [0.25, 0.3) is 0 Å². The predicted octanol–water partition coefficient (Wildman–Crippen LogP) is 3.83. The lowest BCUT2D eigenvalue weighted by Gasteiger charge is -2.45. The molecule has 1 fully saturated rings. The number of hydrogen-bond donors (Lipinski definition) is 1.